The summed E-state index contributed by atoms with van der Waals surface area (Å²) in [7, 11) is 0. The van der Waals surface area contributed by atoms with Crippen LogP contribution in [0.4, 0.5) is 0 Å². The third-order valence-corrected chi connectivity index (χ3v) is 5.17. The zero-order chi connectivity index (χ0) is 15.3. The molecule has 0 aromatic rings. The molecule has 2 N–H and O–H groups in total. The summed E-state index contributed by atoms with van der Waals surface area (Å²) in [6.07, 6.45) is 5.21. The van der Waals surface area contributed by atoms with Gasteiger partial charge in [-0.2, -0.15) is 0 Å². The van der Waals surface area contributed by atoms with Crippen LogP contribution in [0.15, 0.2) is 0 Å². The second-order valence-corrected chi connectivity index (χ2v) is 7.52. The largest absolute Gasteiger partial charge is 0.361 e. The smallest absolute Gasteiger partial charge is 0.166 e. The molecular formula is C17H34N2S. The first-order chi connectivity index (χ1) is 9.38. The Labute approximate surface area is 131 Å². The normalized spacial score (nSPS) is 30.6. The van der Waals surface area contributed by atoms with Crippen LogP contribution in [0.5, 0.6) is 0 Å². The van der Waals surface area contributed by atoms with Crippen LogP contribution in [-0.4, -0.2) is 17.2 Å². The summed E-state index contributed by atoms with van der Waals surface area (Å²) in [4.78, 5) is 0. The predicted octanol–water partition coefficient (Wildman–Crippen LogP) is 4.35. The molecule has 0 aromatic heterocycles. The van der Waals surface area contributed by atoms with E-state index < -0.39 is 0 Å². The van der Waals surface area contributed by atoms with E-state index in [-0.39, 0.29) is 0 Å². The van der Waals surface area contributed by atoms with Crippen LogP contribution in [0.2, 0.25) is 0 Å². The Hall–Kier alpha value is -0.310. The summed E-state index contributed by atoms with van der Waals surface area (Å²) >= 11 is 5.47. The van der Waals surface area contributed by atoms with Gasteiger partial charge in [0.15, 0.2) is 5.11 Å². The molecular weight excluding hydrogens is 264 g/mol. The molecule has 0 heterocycles. The van der Waals surface area contributed by atoms with Crippen molar-refractivity contribution in [2.24, 2.45) is 23.7 Å². The monoisotopic (exact) mass is 298 g/mol. The Balaban J connectivity index is 2.73. The molecule has 0 radical (unpaired) electrons. The van der Waals surface area contributed by atoms with E-state index in [1.54, 1.807) is 0 Å². The van der Waals surface area contributed by atoms with E-state index in [0.717, 1.165) is 28.8 Å². The third kappa shape index (κ3) is 4.91. The van der Waals surface area contributed by atoms with E-state index in [1.807, 2.05) is 0 Å². The van der Waals surface area contributed by atoms with Gasteiger partial charge in [0.25, 0.3) is 0 Å². The van der Waals surface area contributed by atoms with Crippen LogP contribution in [0.3, 0.4) is 0 Å². The van der Waals surface area contributed by atoms with Gasteiger partial charge in [-0.05, 0) is 62.6 Å². The highest BCUT2D eigenvalue weighted by Crippen LogP contribution is 2.40. The van der Waals surface area contributed by atoms with Crippen molar-refractivity contribution in [3.8, 4) is 0 Å². The van der Waals surface area contributed by atoms with E-state index in [1.165, 1.54) is 25.7 Å². The van der Waals surface area contributed by atoms with Gasteiger partial charge in [0.05, 0.1) is 0 Å². The van der Waals surface area contributed by atoms with Crippen molar-refractivity contribution in [2.75, 3.05) is 0 Å². The Kier molecular flexibility index (Phi) is 7.28. The highest BCUT2D eigenvalue weighted by molar-refractivity contribution is 7.80. The average Bonchev–Trinajstić information content (AvgIpc) is 2.37. The molecule has 2 atom stereocenters. The van der Waals surface area contributed by atoms with E-state index in [9.17, 15) is 0 Å². The standard InChI is InChI=1S/C17H34N2S/c1-7-13-9-15(11(3)4)10-14(8-2)16(13)19-17(20)18-12(5)6/h11-16H,7-10H2,1-6H3,(H2,18,19,20). The Bertz CT molecular complexity index is 287. The van der Waals surface area contributed by atoms with E-state index in [2.05, 4.69) is 52.2 Å². The fraction of sp³-hybridized carbons (Fsp3) is 0.941. The summed E-state index contributed by atoms with van der Waals surface area (Å²) < 4.78 is 0. The van der Waals surface area contributed by atoms with E-state index in [0.29, 0.717) is 12.1 Å². The maximum atomic E-state index is 5.47. The summed E-state index contributed by atoms with van der Waals surface area (Å²) in [5, 5.41) is 7.80. The molecule has 1 aliphatic carbocycles. The highest BCUT2D eigenvalue weighted by atomic mass is 32.1. The van der Waals surface area contributed by atoms with Crippen LogP contribution in [0.25, 0.3) is 0 Å². The van der Waals surface area contributed by atoms with Crippen LogP contribution in [-0.2, 0) is 0 Å². The second-order valence-electron chi connectivity index (χ2n) is 7.11. The molecule has 2 unspecified atom stereocenters. The second kappa shape index (κ2) is 8.21. The molecule has 118 valence electrons. The van der Waals surface area contributed by atoms with Crippen LogP contribution in [0, 0.1) is 23.7 Å². The molecule has 0 amide bonds. The number of thiocarbonyl (C=S) groups is 1. The summed E-state index contributed by atoms with van der Waals surface area (Å²) in [6.45, 7) is 13.7. The van der Waals surface area contributed by atoms with Gasteiger partial charge in [0.2, 0.25) is 0 Å². The number of hydrogen-bond acceptors (Lipinski definition) is 1. The molecule has 0 saturated heterocycles. The molecule has 1 rings (SSSR count). The molecule has 0 aliphatic heterocycles. The van der Waals surface area contributed by atoms with Crippen LogP contribution in [0.1, 0.15) is 67.2 Å². The molecule has 20 heavy (non-hydrogen) atoms. The topological polar surface area (TPSA) is 24.1 Å². The van der Waals surface area contributed by atoms with Crippen molar-refractivity contribution >= 4 is 17.3 Å². The third-order valence-electron chi connectivity index (χ3n) is 4.94. The first-order valence-corrected chi connectivity index (χ1v) is 8.86. The lowest BCUT2D eigenvalue weighted by molar-refractivity contribution is 0.113. The Morgan fingerprint density at radius 2 is 1.55 bits per heavy atom. The van der Waals surface area contributed by atoms with Crippen molar-refractivity contribution in [2.45, 2.75) is 79.3 Å². The maximum absolute atomic E-state index is 5.47. The molecule has 3 heteroatoms. The molecule has 0 aromatic carbocycles. The number of rotatable bonds is 5. The van der Waals surface area contributed by atoms with Gasteiger partial charge in [-0.1, -0.05) is 40.5 Å². The van der Waals surface area contributed by atoms with E-state index in [4.69, 9.17) is 12.2 Å². The quantitative estimate of drug-likeness (QED) is 0.738. The van der Waals surface area contributed by atoms with Crippen molar-refractivity contribution in [1.82, 2.24) is 10.6 Å². The first kappa shape index (κ1) is 17.7. The lowest BCUT2D eigenvalue weighted by atomic mass is 9.67. The average molecular weight is 299 g/mol. The molecule has 2 nitrogen and oxygen atoms in total. The highest BCUT2D eigenvalue weighted by Gasteiger charge is 2.37. The van der Waals surface area contributed by atoms with E-state index >= 15 is 0 Å². The Morgan fingerprint density at radius 1 is 1.05 bits per heavy atom. The van der Waals surface area contributed by atoms with Crippen molar-refractivity contribution in [3.63, 3.8) is 0 Å². The van der Waals surface area contributed by atoms with Crippen molar-refractivity contribution in [3.05, 3.63) is 0 Å². The summed E-state index contributed by atoms with van der Waals surface area (Å²) in [5.74, 6) is 3.20. The Morgan fingerprint density at radius 3 is 1.90 bits per heavy atom. The lowest BCUT2D eigenvalue weighted by Crippen LogP contribution is -2.53. The van der Waals surface area contributed by atoms with Gasteiger partial charge in [-0.25, -0.2) is 0 Å². The van der Waals surface area contributed by atoms with Gasteiger partial charge in [-0.3, -0.25) is 0 Å². The minimum atomic E-state index is 0.405. The van der Waals surface area contributed by atoms with Gasteiger partial charge in [0, 0.05) is 12.1 Å². The zero-order valence-corrected chi connectivity index (χ0v) is 15.0. The fourth-order valence-electron chi connectivity index (χ4n) is 3.63. The van der Waals surface area contributed by atoms with Crippen LogP contribution < -0.4 is 10.6 Å². The van der Waals surface area contributed by atoms with Gasteiger partial charge in [0.1, 0.15) is 0 Å². The lowest BCUT2D eigenvalue weighted by Gasteiger charge is -2.44. The molecule has 1 fully saturated rings. The SMILES string of the molecule is CCC1CC(C(C)C)CC(CC)C1NC(=S)NC(C)C. The van der Waals surface area contributed by atoms with Gasteiger partial charge in [-0.15, -0.1) is 0 Å². The van der Waals surface area contributed by atoms with Crippen molar-refractivity contribution in [1.29, 1.82) is 0 Å². The molecule has 1 saturated carbocycles. The summed E-state index contributed by atoms with van der Waals surface area (Å²) in [6, 6.07) is 0.959. The zero-order valence-electron chi connectivity index (χ0n) is 14.2. The number of hydrogen-bond donors (Lipinski definition) is 2. The molecule has 0 bridgehead atoms. The minimum Gasteiger partial charge on any atom is -0.361 e. The summed E-state index contributed by atoms with van der Waals surface area (Å²) in [5.41, 5.74) is 0. The number of nitrogens with one attached hydrogen (secondary N) is 2. The maximum Gasteiger partial charge on any atom is 0.166 e. The minimum absolute atomic E-state index is 0.405. The molecule has 1 aliphatic rings. The predicted molar refractivity (Wildman–Crippen MR) is 92.9 cm³/mol. The molecule has 0 spiro atoms. The first-order valence-electron chi connectivity index (χ1n) is 8.45. The fourth-order valence-corrected chi connectivity index (χ4v) is 4.00. The van der Waals surface area contributed by atoms with Gasteiger partial charge >= 0.3 is 0 Å². The van der Waals surface area contributed by atoms with Crippen LogP contribution >= 0.6 is 12.2 Å². The van der Waals surface area contributed by atoms with Gasteiger partial charge < -0.3 is 10.6 Å². The van der Waals surface area contributed by atoms with Crippen molar-refractivity contribution < 1.29 is 0 Å².